The highest BCUT2D eigenvalue weighted by atomic mass is 35.5. The third-order valence-electron chi connectivity index (χ3n) is 5.87. The zero-order chi connectivity index (χ0) is 26.1. The first kappa shape index (κ1) is 25.9. The Balaban J connectivity index is 1.51. The minimum atomic E-state index is -4.95. The van der Waals surface area contributed by atoms with Crippen molar-refractivity contribution in [3.8, 4) is 16.9 Å². The molecule has 0 aliphatic carbocycles. The number of alkyl halides is 3. The lowest BCUT2D eigenvalue weighted by molar-refractivity contribution is -0.139. The summed E-state index contributed by atoms with van der Waals surface area (Å²) in [6.07, 6.45) is -3.16. The van der Waals surface area contributed by atoms with Crippen LogP contribution in [-0.4, -0.2) is 48.4 Å². The number of hydrogen-bond acceptors (Lipinski definition) is 5. The Morgan fingerprint density at radius 1 is 1.08 bits per heavy atom. The lowest BCUT2D eigenvalue weighted by Crippen LogP contribution is -2.46. The maximum Gasteiger partial charge on any atom is 0.417 e. The molecule has 0 unspecified atom stereocenters. The summed E-state index contributed by atoms with van der Waals surface area (Å²) in [7, 11) is -4.54. The van der Waals surface area contributed by atoms with E-state index in [1.807, 2.05) is 0 Å². The smallest absolute Gasteiger partial charge is 0.417 e. The summed E-state index contributed by atoms with van der Waals surface area (Å²) in [6, 6.07) is 11.0. The molecule has 2 aromatic carbocycles. The molecule has 0 atom stereocenters. The number of aromatic nitrogens is 1. The van der Waals surface area contributed by atoms with Crippen LogP contribution in [0.4, 0.5) is 13.2 Å². The summed E-state index contributed by atoms with van der Waals surface area (Å²) < 4.78 is 69.9. The third kappa shape index (κ3) is 5.63. The molecule has 2 heterocycles. The van der Waals surface area contributed by atoms with Crippen molar-refractivity contribution in [3.63, 3.8) is 0 Å². The molecule has 190 valence electrons. The number of hydrogen-bond donors (Lipinski definition) is 2. The van der Waals surface area contributed by atoms with Gasteiger partial charge in [-0.1, -0.05) is 35.9 Å². The van der Waals surface area contributed by atoms with E-state index in [0.717, 1.165) is 6.07 Å². The monoisotopic (exact) mass is 539 g/mol. The van der Waals surface area contributed by atoms with Crippen molar-refractivity contribution < 1.29 is 31.5 Å². The molecule has 1 aliphatic heterocycles. The van der Waals surface area contributed by atoms with Crippen LogP contribution in [0.1, 0.15) is 28.8 Å². The number of benzene rings is 2. The number of carbonyl (C=O) groups excluding carboxylic acids is 1. The molecule has 4 rings (SSSR count). The fraction of sp³-hybridized carbons (Fsp3) is 0.250. The van der Waals surface area contributed by atoms with Crippen LogP contribution in [0.15, 0.2) is 65.7 Å². The van der Waals surface area contributed by atoms with E-state index >= 15 is 0 Å². The molecular formula is C24H21ClF3N3O4S. The highest BCUT2D eigenvalue weighted by Crippen LogP contribution is 2.38. The van der Waals surface area contributed by atoms with Gasteiger partial charge in [0.05, 0.1) is 16.0 Å². The molecule has 0 spiro atoms. The summed E-state index contributed by atoms with van der Waals surface area (Å²) in [5.41, 5.74) is -0.827. The number of para-hydroxylation sites is 1. The van der Waals surface area contributed by atoms with Gasteiger partial charge in [0.2, 0.25) is 10.0 Å². The molecule has 1 saturated heterocycles. The molecule has 36 heavy (non-hydrogen) atoms. The van der Waals surface area contributed by atoms with Crippen molar-refractivity contribution in [2.45, 2.75) is 30.0 Å². The van der Waals surface area contributed by atoms with Crippen LogP contribution >= 0.6 is 11.6 Å². The van der Waals surface area contributed by atoms with Crippen molar-refractivity contribution in [2.75, 3.05) is 13.1 Å². The molecule has 1 aromatic heterocycles. The SMILES string of the molecule is O=C(c1ccc(Cl)nc1)N1CCC(NS(=O)(=O)c2ccc(-c3ccccc3O)cc2C(F)(F)F)CC1. The molecule has 0 saturated carbocycles. The highest BCUT2D eigenvalue weighted by molar-refractivity contribution is 7.89. The number of pyridine rings is 1. The average Bonchev–Trinajstić information content (AvgIpc) is 2.84. The normalized spacial score (nSPS) is 15.2. The summed E-state index contributed by atoms with van der Waals surface area (Å²) in [6.45, 7) is 0.431. The van der Waals surface area contributed by atoms with E-state index in [2.05, 4.69) is 9.71 Å². The van der Waals surface area contributed by atoms with E-state index in [-0.39, 0.29) is 53.9 Å². The van der Waals surface area contributed by atoms with Crippen LogP contribution in [0.5, 0.6) is 5.75 Å². The average molecular weight is 540 g/mol. The minimum absolute atomic E-state index is 0.0304. The van der Waals surface area contributed by atoms with Gasteiger partial charge in [-0.05, 0) is 48.7 Å². The summed E-state index contributed by atoms with van der Waals surface area (Å²) in [5, 5.41) is 10.2. The number of halogens is 4. The van der Waals surface area contributed by atoms with Gasteiger partial charge in [0.15, 0.2) is 0 Å². The van der Waals surface area contributed by atoms with Crippen LogP contribution in [0.2, 0.25) is 5.15 Å². The van der Waals surface area contributed by atoms with E-state index in [9.17, 15) is 31.5 Å². The Kier molecular flexibility index (Phi) is 7.26. The Morgan fingerprint density at radius 2 is 1.78 bits per heavy atom. The number of rotatable bonds is 5. The number of phenols is 1. The summed E-state index contributed by atoms with van der Waals surface area (Å²) in [5.74, 6) is -0.519. The lowest BCUT2D eigenvalue weighted by atomic mass is 10.0. The van der Waals surface area contributed by atoms with Crippen molar-refractivity contribution >= 4 is 27.5 Å². The van der Waals surface area contributed by atoms with Gasteiger partial charge in [-0.3, -0.25) is 4.79 Å². The number of nitrogens with one attached hydrogen (secondary N) is 1. The second-order valence-corrected chi connectivity index (χ2v) is 10.4. The van der Waals surface area contributed by atoms with E-state index in [1.54, 1.807) is 6.07 Å². The van der Waals surface area contributed by atoms with Gasteiger partial charge >= 0.3 is 6.18 Å². The van der Waals surface area contributed by atoms with E-state index in [4.69, 9.17) is 11.6 Å². The standard InChI is InChI=1S/C24H21ClF3N3O4S/c25-22-8-6-16(14-29-22)23(33)31-11-9-17(10-12-31)30-36(34,35)21-7-5-15(13-19(21)24(26,27)28)18-3-1-2-4-20(18)32/h1-8,13-14,17,30,32H,9-12H2. The summed E-state index contributed by atoms with van der Waals surface area (Å²) in [4.78, 5) is 17.1. The number of phenolic OH excluding ortho intramolecular Hbond substituents is 1. The van der Waals surface area contributed by atoms with Crippen LogP contribution in [0, 0.1) is 0 Å². The molecular weight excluding hydrogens is 519 g/mol. The Labute approximate surface area is 210 Å². The van der Waals surface area contributed by atoms with E-state index in [0.29, 0.717) is 11.6 Å². The van der Waals surface area contributed by atoms with Crippen LogP contribution in [0.3, 0.4) is 0 Å². The van der Waals surface area contributed by atoms with Crippen molar-refractivity contribution in [3.05, 3.63) is 77.1 Å². The largest absolute Gasteiger partial charge is 0.507 e. The number of carbonyl (C=O) groups is 1. The molecule has 12 heteroatoms. The van der Waals surface area contributed by atoms with Crippen molar-refractivity contribution in [2.24, 2.45) is 0 Å². The second-order valence-electron chi connectivity index (χ2n) is 8.28. The zero-order valence-electron chi connectivity index (χ0n) is 18.7. The first-order chi connectivity index (χ1) is 17.0. The fourth-order valence-electron chi connectivity index (χ4n) is 4.04. The Morgan fingerprint density at radius 3 is 2.39 bits per heavy atom. The lowest BCUT2D eigenvalue weighted by Gasteiger charge is -2.32. The molecule has 0 bridgehead atoms. The Bertz CT molecular complexity index is 1370. The van der Waals surface area contributed by atoms with Gasteiger partial charge in [-0.2, -0.15) is 13.2 Å². The number of amides is 1. The quantitative estimate of drug-likeness (QED) is 0.458. The fourth-order valence-corrected chi connectivity index (χ4v) is 5.66. The van der Waals surface area contributed by atoms with E-state index < -0.39 is 32.7 Å². The van der Waals surface area contributed by atoms with Crippen LogP contribution in [0.25, 0.3) is 11.1 Å². The molecule has 7 nitrogen and oxygen atoms in total. The van der Waals surface area contributed by atoms with Gasteiger partial charge in [-0.15, -0.1) is 0 Å². The van der Waals surface area contributed by atoms with Crippen molar-refractivity contribution in [1.29, 1.82) is 0 Å². The molecule has 3 aromatic rings. The maximum atomic E-state index is 13.9. The van der Waals surface area contributed by atoms with Gasteiger partial charge < -0.3 is 10.0 Å². The van der Waals surface area contributed by atoms with Crippen LogP contribution in [-0.2, 0) is 16.2 Å². The predicted molar refractivity (Wildman–Crippen MR) is 127 cm³/mol. The molecule has 1 aliphatic rings. The van der Waals surface area contributed by atoms with Gasteiger partial charge in [0.1, 0.15) is 10.9 Å². The highest BCUT2D eigenvalue weighted by Gasteiger charge is 2.38. The minimum Gasteiger partial charge on any atom is -0.507 e. The van der Waals surface area contributed by atoms with Crippen LogP contribution < -0.4 is 4.72 Å². The maximum absolute atomic E-state index is 13.9. The van der Waals surface area contributed by atoms with Gasteiger partial charge in [0, 0.05) is 30.9 Å². The van der Waals surface area contributed by atoms with Crippen molar-refractivity contribution in [1.82, 2.24) is 14.6 Å². The third-order valence-corrected chi connectivity index (χ3v) is 7.67. The zero-order valence-corrected chi connectivity index (χ0v) is 20.2. The number of nitrogens with zero attached hydrogens (tertiary/aromatic N) is 2. The molecule has 0 radical (unpaired) electrons. The van der Waals surface area contributed by atoms with E-state index in [1.165, 1.54) is 47.5 Å². The first-order valence-electron chi connectivity index (χ1n) is 10.9. The molecule has 1 fully saturated rings. The number of aromatic hydroxyl groups is 1. The number of piperidine rings is 1. The second kappa shape index (κ2) is 10.1. The van der Waals surface area contributed by atoms with Gasteiger partial charge in [0.25, 0.3) is 5.91 Å². The predicted octanol–water partition coefficient (Wildman–Crippen LogP) is 4.71. The number of sulfonamides is 1. The topological polar surface area (TPSA) is 99.6 Å². The first-order valence-corrected chi connectivity index (χ1v) is 12.7. The van der Waals surface area contributed by atoms with Gasteiger partial charge in [-0.25, -0.2) is 18.1 Å². The molecule has 1 amide bonds. The number of likely N-dealkylation sites (tertiary alicyclic amines) is 1. The Hall–Kier alpha value is -3.15. The molecule has 2 N–H and O–H groups in total. The summed E-state index contributed by atoms with van der Waals surface area (Å²) >= 11 is 5.74.